The minimum absolute atomic E-state index is 0.0139. The molecule has 1 fully saturated rings. The zero-order chi connectivity index (χ0) is 20.8. The van der Waals surface area contributed by atoms with Gasteiger partial charge >= 0.3 is 0 Å². The number of piperidine rings is 1. The van der Waals surface area contributed by atoms with E-state index in [0.29, 0.717) is 25.9 Å². The van der Waals surface area contributed by atoms with Crippen molar-refractivity contribution in [2.45, 2.75) is 39.2 Å². The molecule has 0 unspecified atom stereocenters. The number of methoxy groups -OCH3 is 1. The number of hydrogen-bond donors (Lipinski definition) is 1. The van der Waals surface area contributed by atoms with Crippen LogP contribution in [0.4, 0.5) is 0 Å². The number of ether oxygens (including phenoxy) is 1. The summed E-state index contributed by atoms with van der Waals surface area (Å²) in [6, 6.07) is 15.5. The summed E-state index contributed by atoms with van der Waals surface area (Å²) < 4.78 is 5.21. The molecule has 1 aliphatic rings. The molecule has 1 aliphatic heterocycles. The molecular weight excluding hydrogens is 364 g/mol. The molecule has 1 N–H and O–H groups in total. The summed E-state index contributed by atoms with van der Waals surface area (Å²) in [7, 11) is 1.64. The lowest BCUT2D eigenvalue weighted by molar-refractivity contribution is -0.127. The van der Waals surface area contributed by atoms with E-state index in [1.807, 2.05) is 60.4 Å². The largest absolute Gasteiger partial charge is 0.497 e. The van der Waals surface area contributed by atoms with Crippen molar-refractivity contribution in [1.29, 1.82) is 0 Å². The Morgan fingerprint density at radius 1 is 1.10 bits per heavy atom. The van der Waals surface area contributed by atoms with E-state index in [1.54, 1.807) is 7.11 Å². The predicted molar refractivity (Wildman–Crippen MR) is 114 cm³/mol. The molecule has 0 spiro atoms. The zero-order valence-electron chi connectivity index (χ0n) is 17.5. The topological polar surface area (TPSA) is 58.6 Å². The minimum atomic E-state index is -0.0526. The molecule has 1 saturated heterocycles. The van der Waals surface area contributed by atoms with Gasteiger partial charge in [0.15, 0.2) is 0 Å². The van der Waals surface area contributed by atoms with Crippen LogP contribution >= 0.6 is 0 Å². The Morgan fingerprint density at radius 3 is 2.34 bits per heavy atom. The number of amides is 2. The number of benzene rings is 2. The molecular formula is C24H30N2O3. The summed E-state index contributed by atoms with van der Waals surface area (Å²) in [4.78, 5) is 27.5. The molecule has 2 aromatic rings. The Bertz CT molecular complexity index is 839. The van der Waals surface area contributed by atoms with Crippen molar-refractivity contribution in [1.82, 2.24) is 10.2 Å². The number of hydrogen-bond acceptors (Lipinski definition) is 3. The molecule has 2 aromatic carbocycles. The van der Waals surface area contributed by atoms with Gasteiger partial charge in [-0.3, -0.25) is 9.59 Å². The molecule has 0 saturated carbocycles. The van der Waals surface area contributed by atoms with Crippen molar-refractivity contribution < 1.29 is 14.3 Å². The number of carbonyl (C=O) groups is 2. The van der Waals surface area contributed by atoms with Crippen molar-refractivity contribution >= 4 is 11.8 Å². The SMILES string of the molecule is CC[C@@H](NC(=O)C1CCN(C(=O)c2ccccc2C)CC1)c1ccc(OC)cc1. The van der Waals surface area contributed by atoms with Gasteiger partial charge in [-0.15, -0.1) is 0 Å². The average molecular weight is 395 g/mol. The van der Waals surface area contributed by atoms with Crippen LogP contribution in [0.15, 0.2) is 48.5 Å². The van der Waals surface area contributed by atoms with Crippen LogP contribution < -0.4 is 10.1 Å². The molecule has 0 aromatic heterocycles. The second-order valence-corrected chi connectivity index (χ2v) is 7.62. The van der Waals surface area contributed by atoms with E-state index in [0.717, 1.165) is 28.9 Å². The number of carbonyl (C=O) groups excluding carboxylic acids is 2. The lowest BCUT2D eigenvalue weighted by Gasteiger charge is -2.32. The van der Waals surface area contributed by atoms with Gasteiger partial charge in [0.25, 0.3) is 5.91 Å². The summed E-state index contributed by atoms with van der Waals surface area (Å²) >= 11 is 0. The molecule has 0 aliphatic carbocycles. The summed E-state index contributed by atoms with van der Waals surface area (Å²) in [5.74, 6) is 0.895. The minimum Gasteiger partial charge on any atom is -0.497 e. The van der Waals surface area contributed by atoms with Gasteiger partial charge < -0.3 is 15.0 Å². The van der Waals surface area contributed by atoms with Crippen LogP contribution in [-0.2, 0) is 4.79 Å². The van der Waals surface area contributed by atoms with E-state index in [-0.39, 0.29) is 23.8 Å². The first-order chi connectivity index (χ1) is 14.0. The summed E-state index contributed by atoms with van der Waals surface area (Å²) in [5.41, 5.74) is 2.82. The highest BCUT2D eigenvalue weighted by molar-refractivity contribution is 5.95. The summed E-state index contributed by atoms with van der Waals surface area (Å²) in [5, 5.41) is 3.19. The lowest BCUT2D eigenvalue weighted by atomic mass is 9.94. The monoisotopic (exact) mass is 394 g/mol. The number of nitrogens with one attached hydrogen (secondary N) is 1. The second-order valence-electron chi connectivity index (χ2n) is 7.62. The molecule has 5 heteroatoms. The summed E-state index contributed by atoms with van der Waals surface area (Å²) in [6.45, 7) is 5.26. The Hall–Kier alpha value is -2.82. The quantitative estimate of drug-likeness (QED) is 0.802. The molecule has 1 heterocycles. The maximum absolute atomic E-state index is 12.8. The maximum atomic E-state index is 12.8. The first kappa shape index (κ1) is 20.9. The smallest absolute Gasteiger partial charge is 0.254 e. The van der Waals surface area contributed by atoms with Crippen molar-refractivity contribution in [3.05, 3.63) is 65.2 Å². The van der Waals surface area contributed by atoms with E-state index in [2.05, 4.69) is 12.2 Å². The Morgan fingerprint density at radius 2 is 1.76 bits per heavy atom. The van der Waals surface area contributed by atoms with Crippen LogP contribution in [0.5, 0.6) is 5.75 Å². The van der Waals surface area contributed by atoms with Crippen molar-refractivity contribution in [2.75, 3.05) is 20.2 Å². The van der Waals surface area contributed by atoms with Gasteiger partial charge in [0, 0.05) is 24.6 Å². The third kappa shape index (κ3) is 4.97. The van der Waals surface area contributed by atoms with Crippen molar-refractivity contribution in [2.24, 2.45) is 5.92 Å². The van der Waals surface area contributed by atoms with E-state index in [4.69, 9.17) is 4.74 Å². The van der Waals surface area contributed by atoms with E-state index in [9.17, 15) is 9.59 Å². The van der Waals surface area contributed by atoms with Crippen LogP contribution in [-0.4, -0.2) is 36.9 Å². The first-order valence-corrected chi connectivity index (χ1v) is 10.3. The fourth-order valence-corrected chi connectivity index (χ4v) is 3.87. The predicted octanol–water partition coefficient (Wildman–Crippen LogP) is 4.12. The zero-order valence-corrected chi connectivity index (χ0v) is 17.5. The molecule has 0 radical (unpaired) electrons. The highest BCUT2D eigenvalue weighted by Gasteiger charge is 2.29. The molecule has 154 valence electrons. The Balaban J connectivity index is 1.56. The fourth-order valence-electron chi connectivity index (χ4n) is 3.87. The van der Waals surface area contributed by atoms with Gasteiger partial charge in [0.1, 0.15) is 5.75 Å². The van der Waals surface area contributed by atoms with E-state index >= 15 is 0 Å². The van der Waals surface area contributed by atoms with Crippen LogP contribution in [0.2, 0.25) is 0 Å². The van der Waals surface area contributed by atoms with Gasteiger partial charge in [-0.25, -0.2) is 0 Å². The van der Waals surface area contributed by atoms with Gasteiger partial charge in [-0.1, -0.05) is 37.3 Å². The molecule has 0 bridgehead atoms. The normalized spacial score (nSPS) is 15.6. The van der Waals surface area contributed by atoms with Crippen LogP contribution in [0.25, 0.3) is 0 Å². The fraction of sp³-hybridized carbons (Fsp3) is 0.417. The van der Waals surface area contributed by atoms with Crippen molar-refractivity contribution in [3.8, 4) is 5.75 Å². The second kappa shape index (κ2) is 9.59. The van der Waals surface area contributed by atoms with Gasteiger partial charge in [0.05, 0.1) is 13.2 Å². The number of likely N-dealkylation sites (tertiary alicyclic amines) is 1. The van der Waals surface area contributed by atoms with Crippen LogP contribution in [0.1, 0.15) is 53.7 Å². The van der Waals surface area contributed by atoms with E-state index in [1.165, 1.54) is 0 Å². The molecule has 2 amide bonds. The van der Waals surface area contributed by atoms with Crippen LogP contribution in [0, 0.1) is 12.8 Å². The standard InChI is InChI=1S/C24H30N2O3/c1-4-22(18-9-11-20(29-3)12-10-18)25-23(27)19-13-15-26(16-14-19)24(28)21-8-6-5-7-17(21)2/h5-12,19,22H,4,13-16H2,1-3H3,(H,25,27)/t22-/m1/s1. The first-order valence-electron chi connectivity index (χ1n) is 10.3. The van der Waals surface area contributed by atoms with Crippen molar-refractivity contribution in [3.63, 3.8) is 0 Å². The molecule has 5 nitrogen and oxygen atoms in total. The number of nitrogens with zero attached hydrogens (tertiary/aromatic N) is 1. The van der Waals surface area contributed by atoms with E-state index < -0.39 is 0 Å². The van der Waals surface area contributed by atoms with Crippen LogP contribution in [0.3, 0.4) is 0 Å². The van der Waals surface area contributed by atoms with Gasteiger partial charge in [0.2, 0.25) is 5.91 Å². The highest BCUT2D eigenvalue weighted by Crippen LogP contribution is 2.24. The average Bonchev–Trinajstić information content (AvgIpc) is 2.77. The molecule has 29 heavy (non-hydrogen) atoms. The lowest BCUT2D eigenvalue weighted by Crippen LogP contribution is -2.43. The maximum Gasteiger partial charge on any atom is 0.254 e. The molecule has 1 atom stereocenters. The van der Waals surface area contributed by atoms with Gasteiger partial charge in [-0.2, -0.15) is 0 Å². The Labute approximate surface area is 173 Å². The number of aryl methyl sites for hydroxylation is 1. The number of rotatable bonds is 6. The molecule has 3 rings (SSSR count). The third-order valence-electron chi connectivity index (χ3n) is 5.77. The third-order valence-corrected chi connectivity index (χ3v) is 5.77. The Kier molecular flexibility index (Phi) is 6.91. The van der Waals surface area contributed by atoms with Gasteiger partial charge in [-0.05, 0) is 55.5 Å². The summed E-state index contributed by atoms with van der Waals surface area (Å²) in [6.07, 6.45) is 2.22. The highest BCUT2D eigenvalue weighted by atomic mass is 16.5.